The number of amides is 1. The Labute approximate surface area is 177 Å². The number of nitrogens with two attached hydrogens (primary N) is 1. The minimum absolute atomic E-state index is 0.248. The van der Waals surface area contributed by atoms with Crippen LogP contribution in [0.4, 0.5) is 5.82 Å². The molecule has 0 fully saturated rings. The van der Waals surface area contributed by atoms with E-state index >= 15 is 0 Å². The molecule has 0 aliphatic rings. The number of benzene rings is 2. The highest BCUT2D eigenvalue weighted by Crippen LogP contribution is 2.22. The van der Waals surface area contributed by atoms with Crippen molar-refractivity contribution in [3.63, 3.8) is 0 Å². The van der Waals surface area contributed by atoms with Gasteiger partial charge in [0.05, 0.1) is 24.4 Å². The third kappa shape index (κ3) is 4.18. The minimum Gasteiger partial charge on any atom is -0.481 e. The van der Waals surface area contributed by atoms with Crippen molar-refractivity contribution in [2.45, 2.75) is 6.54 Å². The number of carbonyl (C=O) groups excluding carboxylic acids is 1. The predicted octanol–water partition coefficient (Wildman–Crippen LogP) is 0.215. The molecule has 0 aliphatic carbocycles. The average molecular weight is 418 g/mol. The SMILES string of the molecule is COc1cc(NCc2cccc(B(O)O)c2)nc(-n2ncc3c(C(N)=O)cccc32)n1. The maximum absolute atomic E-state index is 11.7. The smallest absolute Gasteiger partial charge is 0.481 e. The molecule has 2 aromatic carbocycles. The first kappa shape index (κ1) is 20.3. The molecule has 31 heavy (non-hydrogen) atoms. The van der Waals surface area contributed by atoms with E-state index in [1.54, 1.807) is 42.5 Å². The number of methoxy groups -OCH3 is 1. The molecule has 2 heterocycles. The molecule has 0 atom stereocenters. The van der Waals surface area contributed by atoms with E-state index in [1.807, 2.05) is 6.07 Å². The van der Waals surface area contributed by atoms with Crippen LogP contribution in [0.2, 0.25) is 0 Å². The van der Waals surface area contributed by atoms with Gasteiger partial charge in [0.15, 0.2) is 0 Å². The molecule has 0 saturated heterocycles. The number of ether oxygens (including phenoxy) is 1. The van der Waals surface area contributed by atoms with E-state index in [9.17, 15) is 14.8 Å². The number of carbonyl (C=O) groups is 1. The zero-order valence-corrected chi connectivity index (χ0v) is 16.6. The lowest BCUT2D eigenvalue weighted by molar-refractivity contribution is 0.100. The number of hydrogen-bond acceptors (Lipinski definition) is 8. The average Bonchev–Trinajstić information content (AvgIpc) is 3.21. The van der Waals surface area contributed by atoms with Crippen LogP contribution in [0.3, 0.4) is 0 Å². The fraction of sp³-hybridized carbons (Fsp3) is 0.100. The van der Waals surface area contributed by atoms with Crippen molar-refractivity contribution >= 4 is 35.2 Å². The van der Waals surface area contributed by atoms with Gasteiger partial charge < -0.3 is 25.8 Å². The van der Waals surface area contributed by atoms with Gasteiger partial charge in [0.2, 0.25) is 11.8 Å². The lowest BCUT2D eigenvalue weighted by Gasteiger charge is -2.11. The molecule has 4 rings (SSSR count). The summed E-state index contributed by atoms with van der Waals surface area (Å²) in [6.07, 6.45) is 1.54. The number of rotatable bonds is 7. The van der Waals surface area contributed by atoms with E-state index < -0.39 is 13.0 Å². The largest absolute Gasteiger partial charge is 0.488 e. The van der Waals surface area contributed by atoms with E-state index in [0.717, 1.165) is 5.56 Å². The van der Waals surface area contributed by atoms with Crippen LogP contribution in [-0.2, 0) is 6.54 Å². The molecule has 0 bridgehead atoms. The van der Waals surface area contributed by atoms with E-state index in [2.05, 4.69) is 20.4 Å². The number of nitrogens with zero attached hydrogens (tertiary/aromatic N) is 4. The summed E-state index contributed by atoms with van der Waals surface area (Å²) in [7, 11) is -0.0434. The molecule has 0 unspecified atom stereocenters. The van der Waals surface area contributed by atoms with Crippen molar-refractivity contribution in [2.24, 2.45) is 5.73 Å². The maximum atomic E-state index is 11.7. The molecule has 0 radical (unpaired) electrons. The van der Waals surface area contributed by atoms with E-state index in [0.29, 0.717) is 40.2 Å². The van der Waals surface area contributed by atoms with Crippen molar-refractivity contribution < 1.29 is 19.6 Å². The Kier molecular flexibility index (Phi) is 5.52. The Morgan fingerprint density at radius 2 is 2.00 bits per heavy atom. The summed E-state index contributed by atoms with van der Waals surface area (Å²) in [5.41, 5.74) is 7.67. The normalized spacial score (nSPS) is 10.8. The lowest BCUT2D eigenvalue weighted by atomic mass is 9.80. The lowest BCUT2D eigenvalue weighted by Crippen LogP contribution is -2.30. The number of anilines is 1. The fourth-order valence-electron chi connectivity index (χ4n) is 3.18. The van der Waals surface area contributed by atoms with Gasteiger partial charge in [-0.2, -0.15) is 19.7 Å². The molecule has 156 valence electrons. The monoisotopic (exact) mass is 418 g/mol. The summed E-state index contributed by atoms with van der Waals surface area (Å²) in [6, 6.07) is 13.7. The van der Waals surface area contributed by atoms with Crippen LogP contribution < -0.4 is 21.3 Å². The molecule has 0 saturated carbocycles. The second-order valence-electron chi connectivity index (χ2n) is 6.73. The summed E-state index contributed by atoms with van der Waals surface area (Å²) in [5.74, 6) is 0.500. The van der Waals surface area contributed by atoms with Crippen LogP contribution in [0, 0.1) is 0 Å². The molecule has 11 heteroatoms. The zero-order chi connectivity index (χ0) is 22.0. The second-order valence-corrected chi connectivity index (χ2v) is 6.73. The molecular weight excluding hydrogens is 399 g/mol. The Morgan fingerprint density at radius 3 is 2.74 bits per heavy atom. The van der Waals surface area contributed by atoms with Gasteiger partial charge in [-0.25, -0.2) is 0 Å². The highest BCUT2D eigenvalue weighted by atomic mass is 16.5. The standard InChI is InChI=1S/C20H19BN6O4/c1-31-18-9-17(23-10-12-4-2-5-13(8-12)21(29)30)25-20(26-18)27-16-7-3-6-14(19(22)28)15(16)11-24-27/h2-9,11,29-30H,10H2,1H3,(H2,22,28)(H,23,25,26). The van der Waals surface area contributed by atoms with Gasteiger partial charge in [-0.1, -0.05) is 30.3 Å². The highest BCUT2D eigenvalue weighted by molar-refractivity contribution is 6.58. The van der Waals surface area contributed by atoms with Crippen LogP contribution in [0.15, 0.2) is 54.7 Å². The first-order valence-electron chi connectivity index (χ1n) is 9.35. The quantitative estimate of drug-likeness (QED) is 0.312. The number of nitrogens with one attached hydrogen (secondary N) is 1. The molecule has 2 aromatic heterocycles. The molecule has 10 nitrogen and oxygen atoms in total. The van der Waals surface area contributed by atoms with E-state index in [-0.39, 0.29) is 5.95 Å². The fourth-order valence-corrected chi connectivity index (χ4v) is 3.18. The van der Waals surface area contributed by atoms with Gasteiger partial charge in [-0.05, 0) is 23.2 Å². The Balaban J connectivity index is 1.67. The summed E-state index contributed by atoms with van der Waals surface area (Å²) >= 11 is 0. The van der Waals surface area contributed by atoms with Gasteiger partial charge in [0.25, 0.3) is 5.95 Å². The van der Waals surface area contributed by atoms with Gasteiger partial charge in [0.1, 0.15) is 5.82 Å². The van der Waals surface area contributed by atoms with E-state index in [4.69, 9.17) is 10.5 Å². The van der Waals surface area contributed by atoms with Crippen LogP contribution in [0.1, 0.15) is 15.9 Å². The van der Waals surface area contributed by atoms with E-state index in [1.165, 1.54) is 18.0 Å². The summed E-state index contributed by atoms with van der Waals surface area (Å²) in [6.45, 7) is 0.381. The summed E-state index contributed by atoms with van der Waals surface area (Å²) in [5, 5.41) is 26.8. The topological polar surface area (TPSA) is 148 Å². The number of hydrogen-bond donors (Lipinski definition) is 4. The second kappa shape index (κ2) is 8.42. The van der Waals surface area contributed by atoms with Crippen molar-refractivity contribution in [3.05, 3.63) is 65.9 Å². The van der Waals surface area contributed by atoms with Crippen molar-refractivity contribution in [3.8, 4) is 11.8 Å². The number of aromatic nitrogens is 4. The van der Waals surface area contributed by atoms with Crippen LogP contribution in [-0.4, -0.2) is 49.9 Å². The Hall–Kier alpha value is -3.96. The predicted molar refractivity (Wildman–Crippen MR) is 115 cm³/mol. The molecule has 0 spiro atoms. The van der Waals surface area contributed by atoms with Crippen LogP contribution in [0.5, 0.6) is 5.88 Å². The molecule has 5 N–H and O–H groups in total. The van der Waals surface area contributed by atoms with Crippen LogP contribution >= 0.6 is 0 Å². The Morgan fingerprint density at radius 1 is 1.19 bits per heavy atom. The van der Waals surface area contributed by atoms with Crippen LogP contribution in [0.25, 0.3) is 16.9 Å². The van der Waals surface area contributed by atoms with Gasteiger partial charge >= 0.3 is 7.12 Å². The number of fused-ring (bicyclic) bond motifs is 1. The first-order chi connectivity index (χ1) is 15.0. The Bertz CT molecular complexity index is 1260. The van der Waals surface area contributed by atoms with Gasteiger partial charge in [-0.3, -0.25) is 4.79 Å². The minimum atomic E-state index is -1.54. The first-order valence-corrected chi connectivity index (χ1v) is 9.35. The van der Waals surface area contributed by atoms with Gasteiger partial charge in [-0.15, -0.1) is 0 Å². The molecule has 4 aromatic rings. The third-order valence-corrected chi connectivity index (χ3v) is 4.69. The molecular formula is C20H19BN6O4. The summed E-state index contributed by atoms with van der Waals surface area (Å²) < 4.78 is 6.80. The van der Waals surface area contributed by atoms with Crippen molar-refractivity contribution in [1.82, 2.24) is 19.7 Å². The maximum Gasteiger partial charge on any atom is 0.488 e. The molecule has 1 amide bonds. The van der Waals surface area contributed by atoms with Crippen molar-refractivity contribution in [1.29, 1.82) is 0 Å². The van der Waals surface area contributed by atoms with Crippen molar-refractivity contribution in [2.75, 3.05) is 12.4 Å². The van der Waals surface area contributed by atoms with Gasteiger partial charge in [0, 0.05) is 18.0 Å². The molecule has 0 aliphatic heterocycles. The number of primary amides is 1. The highest BCUT2D eigenvalue weighted by Gasteiger charge is 2.15. The third-order valence-electron chi connectivity index (χ3n) is 4.69. The zero-order valence-electron chi connectivity index (χ0n) is 16.6. The summed E-state index contributed by atoms with van der Waals surface area (Å²) in [4.78, 5) is 20.6.